The van der Waals surface area contributed by atoms with Gasteiger partial charge in [-0.25, -0.2) is 9.59 Å². The number of thiophene rings is 1. The van der Waals surface area contributed by atoms with Gasteiger partial charge < -0.3 is 15.2 Å². The number of anilines is 2. The SMILES string of the molecule is COc1ccc(NC(=O)Nc2sccc2C(=O)O)c(C)c1. The van der Waals surface area contributed by atoms with Gasteiger partial charge in [0.2, 0.25) is 0 Å². The third-order valence-corrected chi connectivity index (χ3v) is 3.63. The number of methoxy groups -OCH3 is 1. The first-order valence-corrected chi connectivity index (χ1v) is 6.92. The topological polar surface area (TPSA) is 87.7 Å². The standard InChI is InChI=1S/C14H14N2O4S/c1-8-7-9(20-2)3-4-11(8)15-14(19)16-12-10(13(17)18)5-6-21-12/h3-7H,1-2H3,(H,17,18)(H2,15,16,19). The summed E-state index contributed by atoms with van der Waals surface area (Å²) in [5, 5.41) is 16.1. The summed E-state index contributed by atoms with van der Waals surface area (Å²) in [7, 11) is 1.57. The van der Waals surface area contributed by atoms with Crippen molar-refractivity contribution >= 4 is 34.0 Å². The quantitative estimate of drug-likeness (QED) is 0.807. The molecule has 0 unspecified atom stereocenters. The summed E-state index contributed by atoms with van der Waals surface area (Å²) in [6, 6.07) is 6.20. The monoisotopic (exact) mass is 306 g/mol. The summed E-state index contributed by atoms with van der Waals surface area (Å²) in [6.45, 7) is 1.84. The fraction of sp³-hybridized carbons (Fsp3) is 0.143. The predicted molar refractivity (Wildman–Crippen MR) is 81.7 cm³/mol. The van der Waals surface area contributed by atoms with Gasteiger partial charge in [0.1, 0.15) is 10.8 Å². The minimum absolute atomic E-state index is 0.0709. The first-order valence-electron chi connectivity index (χ1n) is 6.04. The molecule has 0 saturated heterocycles. The van der Waals surface area contributed by atoms with Gasteiger partial charge in [-0.15, -0.1) is 11.3 Å². The van der Waals surface area contributed by atoms with Gasteiger partial charge in [-0.3, -0.25) is 5.32 Å². The van der Waals surface area contributed by atoms with E-state index in [-0.39, 0.29) is 5.56 Å². The molecule has 21 heavy (non-hydrogen) atoms. The van der Waals surface area contributed by atoms with Crippen molar-refractivity contribution in [1.29, 1.82) is 0 Å². The van der Waals surface area contributed by atoms with Gasteiger partial charge in [-0.2, -0.15) is 0 Å². The van der Waals surface area contributed by atoms with E-state index in [1.807, 2.05) is 6.92 Å². The Kier molecular flexibility index (Phi) is 4.44. The number of aromatic carboxylic acids is 1. The summed E-state index contributed by atoms with van der Waals surface area (Å²) in [6.07, 6.45) is 0. The number of carbonyl (C=O) groups excluding carboxylic acids is 1. The van der Waals surface area contributed by atoms with Crippen molar-refractivity contribution in [2.75, 3.05) is 17.7 Å². The van der Waals surface area contributed by atoms with Crippen LogP contribution in [0.2, 0.25) is 0 Å². The smallest absolute Gasteiger partial charge is 0.338 e. The van der Waals surface area contributed by atoms with Crippen LogP contribution in [0.3, 0.4) is 0 Å². The summed E-state index contributed by atoms with van der Waals surface area (Å²) < 4.78 is 5.09. The van der Waals surface area contributed by atoms with Crippen molar-refractivity contribution < 1.29 is 19.4 Å². The highest BCUT2D eigenvalue weighted by molar-refractivity contribution is 7.14. The van der Waals surface area contributed by atoms with Crippen molar-refractivity contribution in [1.82, 2.24) is 0 Å². The molecular formula is C14H14N2O4S. The summed E-state index contributed by atoms with van der Waals surface area (Å²) in [5.74, 6) is -0.378. The number of carboxylic acids is 1. The second kappa shape index (κ2) is 6.27. The van der Waals surface area contributed by atoms with Gasteiger partial charge in [0.05, 0.1) is 12.7 Å². The minimum Gasteiger partial charge on any atom is -0.497 e. The fourth-order valence-corrected chi connectivity index (χ4v) is 2.51. The van der Waals surface area contributed by atoms with Gasteiger partial charge in [-0.1, -0.05) is 0 Å². The lowest BCUT2D eigenvalue weighted by Crippen LogP contribution is -2.20. The van der Waals surface area contributed by atoms with E-state index < -0.39 is 12.0 Å². The van der Waals surface area contributed by atoms with Crippen LogP contribution in [-0.4, -0.2) is 24.2 Å². The van der Waals surface area contributed by atoms with Crippen LogP contribution in [0.25, 0.3) is 0 Å². The average Bonchev–Trinajstić information content (AvgIpc) is 2.89. The molecule has 0 atom stereocenters. The van der Waals surface area contributed by atoms with Crippen LogP contribution in [0.15, 0.2) is 29.6 Å². The van der Waals surface area contributed by atoms with E-state index in [0.717, 1.165) is 16.9 Å². The number of urea groups is 1. The second-order valence-electron chi connectivity index (χ2n) is 4.23. The van der Waals surface area contributed by atoms with Gasteiger partial charge in [-0.05, 0) is 42.1 Å². The summed E-state index contributed by atoms with van der Waals surface area (Å²) in [5.41, 5.74) is 1.54. The molecule has 2 amide bonds. The van der Waals surface area contributed by atoms with E-state index in [1.54, 1.807) is 30.7 Å². The first-order chi connectivity index (χ1) is 10.0. The number of nitrogens with one attached hydrogen (secondary N) is 2. The molecule has 1 aromatic carbocycles. The number of ether oxygens (including phenoxy) is 1. The molecule has 3 N–H and O–H groups in total. The number of hydrogen-bond donors (Lipinski definition) is 3. The van der Waals surface area contributed by atoms with Crippen LogP contribution in [-0.2, 0) is 0 Å². The zero-order chi connectivity index (χ0) is 15.4. The van der Waals surface area contributed by atoms with Crippen molar-refractivity contribution in [3.8, 4) is 5.75 Å². The molecule has 0 fully saturated rings. The molecule has 0 aliphatic rings. The highest BCUT2D eigenvalue weighted by Crippen LogP contribution is 2.24. The molecular weight excluding hydrogens is 292 g/mol. The maximum Gasteiger partial charge on any atom is 0.338 e. The molecule has 2 aromatic rings. The Morgan fingerprint density at radius 1 is 1.24 bits per heavy atom. The molecule has 7 heteroatoms. The van der Waals surface area contributed by atoms with E-state index in [0.29, 0.717) is 16.4 Å². The van der Waals surface area contributed by atoms with E-state index >= 15 is 0 Å². The van der Waals surface area contributed by atoms with Crippen molar-refractivity contribution in [2.45, 2.75) is 6.92 Å². The van der Waals surface area contributed by atoms with Crippen molar-refractivity contribution in [2.24, 2.45) is 0 Å². The lowest BCUT2D eigenvalue weighted by atomic mass is 10.2. The van der Waals surface area contributed by atoms with Crippen LogP contribution in [0.5, 0.6) is 5.75 Å². The fourth-order valence-electron chi connectivity index (χ4n) is 1.73. The van der Waals surface area contributed by atoms with E-state index in [4.69, 9.17) is 9.84 Å². The number of aryl methyl sites for hydroxylation is 1. The summed E-state index contributed by atoms with van der Waals surface area (Å²) in [4.78, 5) is 22.9. The second-order valence-corrected chi connectivity index (χ2v) is 5.14. The Balaban J connectivity index is 2.08. The van der Waals surface area contributed by atoms with Gasteiger partial charge >= 0.3 is 12.0 Å². The van der Waals surface area contributed by atoms with E-state index in [9.17, 15) is 9.59 Å². The molecule has 0 bridgehead atoms. The molecule has 2 rings (SSSR count). The number of carbonyl (C=O) groups is 2. The van der Waals surface area contributed by atoms with Crippen molar-refractivity contribution in [3.63, 3.8) is 0 Å². The molecule has 0 radical (unpaired) electrons. The lowest BCUT2D eigenvalue weighted by molar-refractivity contribution is 0.0698. The normalized spacial score (nSPS) is 10.0. The minimum atomic E-state index is -1.08. The van der Waals surface area contributed by atoms with E-state index in [1.165, 1.54) is 6.07 Å². The van der Waals surface area contributed by atoms with Crippen LogP contribution >= 0.6 is 11.3 Å². The van der Waals surface area contributed by atoms with Gasteiger partial charge in [0, 0.05) is 5.69 Å². The number of carboxylic acid groups (broad SMARTS) is 1. The summed E-state index contributed by atoms with van der Waals surface area (Å²) >= 11 is 1.15. The number of rotatable bonds is 4. The van der Waals surface area contributed by atoms with Crippen LogP contribution in [0.4, 0.5) is 15.5 Å². The average molecular weight is 306 g/mol. The molecule has 110 valence electrons. The van der Waals surface area contributed by atoms with Crippen LogP contribution < -0.4 is 15.4 Å². The molecule has 0 aliphatic heterocycles. The molecule has 0 aliphatic carbocycles. The third kappa shape index (κ3) is 3.51. The molecule has 6 nitrogen and oxygen atoms in total. The molecule has 1 heterocycles. The molecule has 1 aromatic heterocycles. The largest absolute Gasteiger partial charge is 0.497 e. The van der Waals surface area contributed by atoms with Gasteiger partial charge in [0.15, 0.2) is 0 Å². The maximum absolute atomic E-state index is 11.9. The number of hydrogen-bond acceptors (Lipinski definition) is 4. The molecule has 0 saturated carbocycles. The Labute approximate surface area is 125 Å². The highest BCUT2D eigenvalue weighted by Gasteiger charge is 2.14. The third-order valence-electron chi connectivity index (χ3n) is 2.80. The zero-order valence-corrected chi connectivity index (χ0v) is 12.3. The molecule has 0 spiro atoms. The number of benzene rings is 1. The van der Waals surface area contributed by atoms with Crippen molar-refractivity contribution in [3.05, 3.63) is 40.8 Å². The van der Waals surface area contributed by atoms with Crippen LogP contribution in [0.1, 0.15) is 15.9 Å². The van der Waals surface area contributed by atoms with Crippen LogP contribution in [0, 0.1) is 6.92 Å². The number of amides is 2. The Morgan fingerprint density at radius 2 is 2.00 bits per heavy atom. The predicted octanol–water partition coefficient (Wildman–Crippen LogP) is 3.41. The Morgan fingerprint density at radius 3 is 2.62 bits per heavy atom. The van der Waals surface area contributed by atoms with E-state index in [2.05, 4.69) is 10.6 Å². The Hall–Kier alpha value is -2.54. The zero-order valence-electron chi connectivity index (χ0n) is 11.5. The highest BCUT2D eigenvalue weighted by atomic mass is 32.1. The van der Waals surface area contributed by atoms with Gasteiger partial charge in [0.25, 0.3) is 0 Å². The Bertz CT molecular complexity index is 681. The first kappa shape index (κ1) is 14.9. The lowest BCUT2D eigenvalue weighted by Gasteiger charge is -2.10. The maximum atomic E-state index is 11.9.